The largest absolute Gasteiger partial charge is 0.355 e. The van der Waals surface area contributed by atoms with Crippen molar-refractivity contribution in [1.29, 1.82) is 0 Å². The van der Waals surface area contributed by atoms with Crippen LogP contribution in [0.5, 0.6) is 0 Å². The maximum atomic E-state index is 12.1. The third-order valence-electron chi connectivity index (χ3n) is 3.07. The van der Waals surface area contributed by atoms with E-state index in [9.17, 15) is 14.4 Å². The number of likely N-dealkylation sites (N-methyl/N-ethyl adjacent to an activating group) is 1. The molecule has 132 valence electrons. The third-order valence-corrected chi connectivity index (χ3v) is 3.07. The molecule has 4 N–H and O–H groups in total. The maximum absolute atomic E-state index is 12.1. The fourth-order valence-corrected chi connectivity index (χ4v) is 2.16. The fourth-order valence-electron chi connectivity index (χ4n) is 2.16. The maximum Gasteiger partial charge on any atom is 0.279 e. The average Bonchev–Trinajstić information content (AvgIpc) is 2.43. The number of nitrogens with one attached hydrogen (secondary N) is 4. The van der Waals surface area contributed by atoms with Crippen LogP contribution in [0.4, 0.5) is 5.69 Å². The van der Waals surface area contributed by atoms with Crippen LogP contribution in [0.3, 0.4) is 0 Å². The van der Waals surface area contributed by atoms with Crippen LogP contribution in [-0.2, 0) is 9.59 Å². The summed E-state index contributed by atoms with van der Waals surface area (Å²) < 4.78 is 0. The van der Waals surface area contributed by atoms with Gasteiger partial charge in [-0.3, -0.25) is 14.4 Å². The molecule has 24 heavy (non-hydrogen) atoms. The highest BCUT2D eigenvalue weighted by atomic mass is 16.2. The van der Waals surface area contributed by atoms with Crippen molar-refractivity contribution in [2.45, 2.75) is 26.3 Å². The lowest BCUT2D eigenvalue weighted by Crippen LogP contribution is -3.11. The highest BCUT2D eigenvalue weighted by Crippen LogP contribution is 2.10. The van der Waals surface area contributed by atoms with Gasteiger partial charge in [-0.1, -0.05) is 6.07 Å². The Morgan fingerprint density at radius 2 is 1.71 bits per heavy atom. The van der Waals surface area contributed by atoms with E-state index in [0.717, 1.165) is 4.90 Å². The molecule has 1 atom stereocenters. The zero-order valence-electron chi connectivity index (χ0n) is 14.9. The number of benzene rings is 1. The van der Waals surface area contributed by atoms with E-state index < -0.39 is 0 Å². The molecule has 0 fully saturated rings. The average molecular weight is 335 g/mol. The summed E-state index contributed by atoms with van der Waals surface area (Å²) in [6.07, 6.45) is 0. The predicted molar refractivity (Wildman–Crippen MR) is 93.0 cm³/mol. The molecule has 3 amide bonds. The zero-order chi connectivity index (χ0) is 18.3. The number of carbonyl (C=O) groups excluding carboxylic acids is 3. The van der Waals surface area contributed by atoms with E-state index in [0.29, 0.717) is 11.3 Å². The molecule has 0 saturated heterocycles. The zero-order valence-corrected chi connectivity index (χ0v) is 14.9. The summed E-state index contributed by atoms with van der Waals surface area (Å²) in [5.41, 5.74) is 0.730. The summed E-state index contributed by atoms with van der Waals surface area (Å²) in [7, 11) is 3.33. The van der Waals surface area contributed by atoms with Gasteiger partial charge in [0.15, 0.2) is 13.1 Å². The number of hydrogen-bond donors (Lipinski definition) is 4. The first kappa shape index (κ1) is 19.6. The van der Waals surface area contributed by atoms with Gasteiger partial charge in [0.25, 0.3) is 17.7 Å². The minimum absolute atomic E-state index is 0.102. The Hall–Kier alpha value is -2.41. The molecule has 0 aliphatic heterocycles. The van der Waals surface area contributed by atoms with Crippen LogP contribution >= 0.6 is 0 Å². The van der Waals surface area contributed by atoms with Gasteiger partial charge in [0.1, 0.15) is 0 Å². The Morgan fingerprint density at radius 3 is 2.29 bits per heavy atom. The van der Waals surface area contributed by atoms with E-state index in [4.69, 9.17) is 0 Å². The minimum Gasteiger partial charge on any atom is -0.355 e. The second-order valence-corrected chi connectivity index (χ2v) is 6.82. The first-order chi connectivity index (χ1) is 11.1. The summed E-state index contributed by atoms with van der Waals surface area (Å²) in [5, 5.41) is 8.14. The smallest absolute Gasteiger partial charge is 0.279 e. The number of anilines is 1. The summed E-state index contributed by atoms with van der Waals surface area (Å²) in [6, 6.07) is 6.70. The number of carbonyl (C=O) groups is 3. The van der Waals surface area contributed by atoms with Gasteiger partial charge in [0, 0.05) is 23.8 Å². The molecular formula is C17H27N4O3+. The van der Waals surface area contributed by atoms with Crippen LogP contribution in [0.15, 0.2) is 24.3 Å². The standard InChI is InChI=1S/C17H26N4O3/c1-17(2,3)20-15(23)11-21(5)10-14(22)19-13-8-6-7-12(9-13)16(24)18-4/h6-9H,10-11H2,1-5H3,(H,18,24)(H,19,22)(H,20,23)/p+1. The lowest BCUT2D eigenvalue weighted by molar-refractivity contribution is -0.862. The SMILES string of the molecule is CNC(=O)c1cccc(NC(=O)C[NH+](C)CC(=O)NC(C)(C)C)c1. The van der Waals surface area contributed by atoms with E-state index in [1.165, 1.54) is 0 Å². The van der Waals surface area contributed by atoms with Gasteiger partial charge in [-0.15, -0.1) is 0 Å². The van der Waals surface area contributed by atoms with Crippen molar-refractivity contribution >= 4 is 23.4 Å². The second-order valence-electron chi connectivity index (χ2n) is 6.82. The van der Waals surface area contributed by atoms with E-state index >= 15 is 0 Å². The van der Waals surface area contributed by atoms with Gasteiger partial charge < -0.3 is 20.9 Å². The van der Waals surface area contributed by atoms with Crippen LogP contribution in [0.1, 0.15) is 31.1 Å². The van der Waals surface area contributed by atoms with E-state index in [-0.39, 0.29) is 36.3 Å². The van der Waals surface area contributed by atoms with Gasteiger partial charge >= 0.3 is 0 Å². The van der Waals surface area contributed by atoms with Gasteiger partial charge in [-0.05, 0) is 39.0 Å². The number of rotatable bonds is 6. The monoisotopic (exact) mass is 335 g/mol. The van der Waals surface area contributed by atoms with Gasteiger partial charge in [0.05, 0.1) is 7.05 Å². The Labute approximate surface area is 142 Å². The van der Waals surface area contributed by atoms with Crippen molar-refractivity contribution in [1.82, 2.24) is 10.6 Å². The highest BCUT2D eigenvalue weighted by molar-refractivity contribution is 5.97. The molecule has 7 nitrogen and oxygen atoms in total. The Kier molecular flexibility index (Phi) is 6.91. The molecule has 0 aliphatic rings. The number of amides is 3. The third kappa shape index (κ3) is 7.23. The molecule has 0 bridgehead atoms. The minimum atomic E-state index is -0.292. The predicted octanol–water partition coefficient (Wildman–Crippen LogP) is -0.586. The molecule has 0 aliphatic carbocycles. The van der Waals surface area contributed by atoms with Crippen LogP contribution in [-0.4, -0.2) is 50.4 Å². The van der Waals surface area contributed by atoms with Crippen LogP contribution in [0.25, 0.3) is 0 Å². The summed E-state index contributed by atoms with van der Waals surface area (Å²) in [4.78, 5) is 36.3. The molecular weight excluding hydrogens is 308 g/mol. The summed E-state index contributed by atoms with van der Waals surface area (Å²) >= 11 is 0. The van der Waals surface area contributed by atoms with Crippen LogP contribution in [0.2, 0.25) is 0 Å². The summed E-state index contributed by atoms with van der Waals surface area (Å²) in [6.45, 7) is 6.09. The van der Waals surface area contributed by atoms with Crippen molar-refractivity contribution < 1.29 is 19.3 Å². The van der Waals surface area contributed by atoms with E-state index in [1.54, 1.807) is 38.4 Å². The van der Waals surface area contributed by atoms with Gasteiger partial charge in [-0.25, -0.2) is 0 Å². The molecule has 1 aromatic rings. The molecule has 1 rings (SSSR count). The molecule has 0 saturated carbocycles. The molecule has 7 heteroatoms. The second kappa shape index (κ2) is 8.44. The quantitative estimate of drug-likeness (QED) is 0.560. The topological polar surface area (TPSA) is 91.7 Å². The van der Waals surface area contributed by atoms with Crippen molar-refractivity contribution in [3.05, 3.63) is 29.8 Å². The first-order valence-electron chi connectivity index (χ1n) is 7.85. The molecule has 0 radical (unpaired) electrons. The lowest BCUT2D eigenvalue weighted by Gasteiger charge is -2.21. The molecule has 0 spiro atoms. The lowest BCUT2D eigenvalue weighted by atomic mass is 10.1. The first-order valence-corrected chi connectivity index (χ1v) is 7.85. The van der Waals surface area contributed by atoms with Gasteiger partial charge in [-0.2, -0.15) is 0 Å². The number of quaternary nitrogens is 1. The molecule has 0 aromatic heterocycles. The van der Waals surface area contributed by atoms with E-state index in [2.05, 4.69) is 16.0 Å². The van der Waals surface area contributed by atoms with E-state index in [1.807, 2.05) is 20.8 Å². The fraction of sp³-hybridized carbons (Fsp3) is 0.471. The summed E-state index contributed by atoms with van der Waals surface area (Å²) in [5.74, 6) is -0.535. The van der Waals surface area contributed by atoms with Crippen LogP contribution in [0, 0.1) is 0 Å². The van der Waals surface area contributed by atoms with Gasteiger partial charge in [0.2, 0.25) is 0 Å². The molecule has 0 heterocycles. The number of hydrogen-bond acceptors (Lipinski definition) is 3. The molecule has 1 aromatic carbocycles. The Balaban J connectivity index is 2.54. The van der Waals surface area contributed by atoms with Crippen molar-refractivity contribution in [3.63, 3.8) is 0 Å². The van der Waals surface area contributed by atoms with Crippen LogP contribution < -0.4 is 20.9 Å². The normalized spacial score (nSPS) is 12.2. The van der Waals surface area contributed by atoms with Crippen molar-refractivity contribution in [2.24, 2.45) is 0 Å². The van der Waals surface area contributed by atoms with Crippen molar-refractivity contribution in [3.8, 4) is 0 Å². The highest BCUT2D eigenvalue weighted by Gasteiger charge is 2.19. The molecule has 1 unspecified atom stereocenters. The Bertz CT molecular complexity index is 608. The van der Waals surface area contributed by atoms with Crippen molar-refractivity contribution in [2.75, 3.05) is 32.5 Å². The Morgan fingerprint density at radius 1 is 1.08 bits per heavy atom.